The fourth-order valence-corrected chi connectivity index (χ4v) is 3.45. The molecule has 1 N–H and O–H groups in total. The highest BCUT2D eigenvalue weighted by atomic mass is 35.5. The van der Waals surface area contributed by atoms with Gasteiger partial charge in [-0.25, -0.2) is 4.79 Å². The maximum atomic E-state index is 12.5. The number of tetrazole rings is 1. The minimum Gasteiger partial charge on any atom is -0.322 e. The number of hydrogen-bond acceptors (Lipinski definition) is 5. The van der Waals surface area contributed by atoms with Crippen LogP contribution in [0.4, 0.5) is 10.5 Å². The van der Waals surface area contributed by atoms with Crippen LogP contribution in [0, 0.1) is 6.92 Å². The van der Waals surface area contributed by atoms with E-state index in [4.69, 9.17) is 11.6 Å². The molecule has 0 unspecified atom stereocenters. The zero-order valence-corrected chi connectivity index (χ0v) is 16.9. The number of amides is 2. The lowest BCUT2D eigenvalue weighted by molar-refractivity contribution is 0.140. The maximum Gasteiger partial charge on any atom is 0.321 e. The number of halogens is 1. The van der Waals surface area contributed by atoms with Crippen molar-refractivity contribution in [3.05, 3.63) is 64.9 Å². The van der Waals surface area contributed by atoms with E-state index in [2.05, 4.69) is 25.7 Å². The number of carbonyl (C=O) groups excluding carboxylic acids is 1. The van der Waals surface area contributed by atoms with Gasteiger partial charge in [0.2, 0.25) is 0 Å². The number of benzene rings is 2. The molecule has 2 aromatic carbocycles. The van der Waals surface area contributed by atoms with Crippen molar-refractivity contribution in [3.63, 3.8) is 0 Å². The zero-order valence-electron chi connectivity index (χ0n) is 16.1. The van der Waals surface area contributed by atoms with Crippen LogP contribution in [0.3, 0.4) is 0 Å². The third-order valence-corrected chi connectivity index (χ3v) is 5.15. The molecular formula is C20H22ClN7O. The van der Waals surface area contributed by atoms with Crippen molar-refractivity contribution in [2.45, 2.75) is 13.5 Å². The van der Waals surface area contributed by atoms with Gasteiger partial charge in [-0.2, -0.15) is 4.68 Å². The van der Waals surface area contributed by atoms with Crippen LogP contribution in [0.5, 0.6) is 0 Å². The quantitative estimate of drug-likeness (QED) is 0.714. The van der Waals surface area contributed by atoms with Crippen LogP contribution in [0.25, 0.3) is 5.69 Å². The summed E-state index contributed by atoms with van der Waals surface area (Å²) in [7, 11) is 0. The van der Waals surface area contributed by atoms with Crippen molar-refractivity contribution in [2.24, 2.45) is 0 Å². The first kappa shape index (κ1) is 19.4. The fraction of sp³-hybridized carbons (Fsp3) is 0.300. The van der Waals surface area contributed by atoms with Gasteiger partial charge in [0, 0.05) is 36.9 Å². The van der Waals surface area contributed by atoms with Crippen LogP contribution in [-0.2, 0) is 6.54 Å². The van der Waals surface area contributed by atoms with Gasteiger partial charge in [-0.1, -0.05) is 23.7 Å². The Bertz CT molecular complexity index is 981. The van der Waals surface area contributed by atoms with Gasteiger partial charge in [-0.3, -0.25) is 4.90 Å². The number of urea groups is 1. The second-order valence-corrected chi connectivity index (χ2v) is 7.48. The molecule has 9 heteroatoms. The molecule has 1 aliphatic heterocycles. The summed E-state index contributed by atoms with van der Waals surface area (Å²) in [5, 5.41) is 15.7. The van der Waals surface area contributed by atoms with E-state index in [0.717, 1.165) is 35.9 Å². The minimum atomic E-state index is -0.0683. The number of anilines is 1. The molecule has 2 amide bonds. The van der Waals surface area contributed by atoms with Gasteiger partial charge < -0.3 is 10.2 Å². The smallest absolute Gasteiger partial charge is 0.321 e. The lowest BCUT2D eigenvalue weighted by atomic mass is 10.2. The summed E-state index contributed by atoms with van der Waals surface area (Å²) in [5.41, 5.74) is 2.80. The summed E-state index contributed by atoms with van der Waals surface area (Å²) < 4.78 is 1.72. The van der Waals surface area contributed by atoms with Crippen LogP contribution in [0.1, 0.15) is 11.4 Å². The van der Waals surface area contributed by atoms with Crippen molar-refractivity contribution in [3.8, 4) is 5.69 Å². The average molecular weight is 412 g/mol. The van der Waals surface area contributed by atoms with Crippen LogP contribution in [-0.4, -0.2) is 62.2 Å². The lowest BCUT2D eigenvalue weighted by Gasteiger charge is -2.34. The SMILES string of the molecule is Cc1cccc(NC(=O)N2CCN(Cc3nnnn3-c3ccc(Cl)cc3)CC2)c1. The van der Waals surface area contributed by atoms with Gasteiger partial charge in [-0.05, 0) is 59.3 Å². The van der Waals surface area contributed by atoms with E-state index in [1.54, 1.807) is 4.68 Å². The molecule has 1 saturated heterocycles. The molecule has 0 spiro atoms. The summed E-state index contributed by atoms with van der Waals surface area (Å²) in [6.07, 6.45) is 0. The van der Waals surface area contributed by atoms with Crippen LogP contribution >= 0.6 is 11.6 Å². The summed E-state index contributed by atoms with van der Waals surface area (Å²) in [6.45, 7) is 5.44. The average Bonchev–Trinajstić information content (AvgIpc) is 3.17. The second kappa shape index (κ2) is 8.59. The largest absolute Gasteiger partial charge is 0.322 e. The number of carbonyl (C=O) groups is 1. The van der Waals surface area contributed by atoms with E-state index in [1.165, 1.54) is 0 Å². The van der Waals surface area contributed by atoms with Gasteiger partial charge in [-0.15, -0.1) is 5.10 Å². The van der Waals surface area contributed by atoms with Crippen molar-refractivity contribution in [1.29, 1.82) is 0 Å². The van der Waals surface area contributed by atoms with Crippen molar-refractivity contribution >= 4 is 23.3 Å². The molecule has 29 heavy (non-hydrogen) atoms. The Balaban J connectivity index is 1.33. The topological polar surface area (TPSA) is 79.2 Å². The third-order valence-electron chi connectivity index (χ3n) is 4.90. The Hall–Kier alpha value is -2.97. The highest BCUT2D eigenvalue weighted by Gasteiger charge is 2.23. The second-order valence-electron chi connectivity index (χ2n) is 7.05. The first-order chi connectivity index (χ1) is 14.1. The van der Waals surface area contributed by atoms with Crippen molar-refractivity contribution in [2.75, 3.05) is 31.5 Å². The first-order valence-electron chi connectivity index (χ1n) is 9.46. The van der Waals surface area contributed by atoms with E-state index in [9.17, 15) is 4.79 Å². The van der Waals surface area contributed by atoms with E-state index in [1.807, 2.05) is 60.4 Å². The Morgan fingerprint density at radius 1 is 1.10 bits per heavy atom. The fourth-order valence-electron chi connectivity index (χ4n) is 3.32. The van der Waals surface area contributed by atoms with E-state index in [-0.39, 0.29) is 6.03 Å². The molecule has 3 aromatic rings. The predicted octanol–water partition coefficient (Wildman–Crippen LogP) is 2.97. The Morgan fingerprint density at radius 3 is 2.59 bits per heavy atom. The third kappa shape index (κ3) is 4.72. The summed E-state index contributed by atoms with van der Waals surface area (Å²) in [4.78, 5) is 16.6. The lowest BCUT2D eigenvalue weighted by Crippen LogP contribution is -2.49. The summed E-state index contributed by atoms with van der Waals surface area (Å²) in [6, 6.07) is 15.1. The molecule has 2 heterocycles. The number of aryl methyl sites for hydroxylation is 1. The van der Waals surface area contributed by atoms with Gasteiger partial charge in [0.1, 0.15) is 0 Å². The maximum absolute atomic E-state index is 12.5. The van der Waals surface area contributed by atoms with Crippen LogP contribution in [0.2, 0.25) is 5.02 Å². The molecule has 0 atom stereocenters. The van der Waals surface area contributed by atoms with E-state index >= 15 is 0 Å². The molecule has 4 rings (SSSR count). The van der Waals surface area contributed by atoms with Gasteiger partial charge >= 0.3 is 6.03 Å². The molecule has 150 valence electrons. The molecule has 1 aliphatic rings. The Labute approximate surface area is 174 Å². The molecule has 0 aliphatic carbocycles. The van der Waals surface area contributed by atoms with Crippen LogP contribution in [0.15, 0.2) is 48.5 Å². The van der Waals surface area contributed by atoms with E-state index < -0.39 is 0 Å². The summed E-state index contributed by atoms with van der Waals surface area (Å²) >= 11 is 5.96. The molecule has 8 nitrogen and oxygen atoms in total. The first-order valence-corrected chi connectivity index (χ1v) is 9.84. The Kier molecular flexibility index (Phi) is 5.73. The summed E-state index contributed by atoms with van der Waals surface area (Å²) in [5.74, 6) is 0.755. The van der Waals surface area contributed by atoms with E-state index in [0.29, 0.717) is 24.7 Å². The number of aromatic nitrogens is 4. The minimum absolute atomic E-state index is 0.0683. The molecule has 1 fully saturated rings. The molecule has 0 bridgehead atoms. The van der Waals surface area contributed by atoms with Gasteiger partial charge in [0.15, 0.2) is 5.82 Å². The van der Waals surface area contributed by atoms with Gasteiger partial charge in [0.05, 0.1) is 12.2 Å². The predicted molar refractivity (Wildman–Crippen MR) is 111 cm³/mol. The van der Waals surface area contributed by atoms with Crippen molar-refractivity contribution < 1.29 is 4.79 Å². The zero-order chi connectivity index (χ0) is 20.2. The Morgan fingerprint density at radius 2 is 1.86 bits per heavy atom. The number of nitrogens with zero attached hydrogens (tertiary/aromatic N) is 6. The van der Waals surface area contributed by atoms with Crippen LogP contribution < -0.4 is 5.32 Å². The normalized spacial score (nSPS) is 14.8. The van der Waals surface area contributed by atoms with Crippen molar-refractivity contribution in [1.82, 2.24) is 30.0 Å². The molecule has 1 aromatic heterocycles. The number of nitrogens with one attached hydrogen (secondary N) is 1. The monoisotopic (exact) mass is 411 g/mol. The standard InChI is InChI=1S/C20H22ClN7O/c1-15-3-2-4-17(13-15)22-20(29)27-11-9-26(10-12-27)14-19-23-24-25-28(19)18-7-5-16(21)6-8-18/h2-8,13H,9-12,14H2,1H3,(H,22,29). The molecular weight excluding hydrogens is 390 g/mol. The number of piperazine rings is 1. The highest BCUT2D eigenvalue weighted by molar-refractivity contribution is 6.30. The van der Waals surface area contributed by atoms with Gasteiger partial charge in [0.25, 0.3) is 0 Å². The molecule has 0 saturated carbocycles. The highest BCUT2D eigenvalue weighted by Crippen LogP contribution is 2.15. The number of hydrogen-bond donors (Lipinski definition) is 1. The number of rotatable bonds is 4. The molecule has 0 radical (unpaired) electrons.